The number of hydrogen-bond acceptors (Lipinski definition) is 2. The van der Waals surface area contributed by atoms with Crippen molar-refractivity contribution in [1.29, 1.82) is 0 Å². The molecule has 0 radical (unpaired) electrons. The van der Waals surface area contributed by atoms with Crippen LogP contribution < -0.4 is 5.32 Å². The Morgan fingerprint density at radius 2 is 2.32 bits per heavy atom. The van der Waals surface area contributed by atoms with Crippen LogP contribution >= 0.6 is 15.9 Å². The van der Waals surface area contributed by atoms with E-state index in [0.717, 1.165) is 28.9 Å². The second-order valence-corrected chi connectivity index (χ2v) is 6.44. The molecule has 104 valence electrons. The van der Waals surface area contributed by atoms with E-state index in [4.69, 9.17) is 0 Å². The third kappa shape index (κ3) is 3.67. The summed E-state index contributed by atoms with van der Waals surface area (Å²) in [6, 6.07) is 8.02. The van der Waals surface area contributed by atoms with Crippen LogP contribution in [0.5, 0.6) is 0 Å². The van der Waals surface area contributed by atoms with Crippen LogP contribution in [0.25, 0.3) is 0 Å². The van der Waals surface area contributed by atoms with Crippen LogP contribution in [0.3, 0.4) is 0 Å². The van der Waals surface area contributed by atoms with Gasteiger partial charge in [0.15, 0.2) is 5.78 Å². The van der Waals surface area contributed by atoms with E-state index < -0.39 is 0 Å². The Bertz CT molecular complexity index is 446. The number of carbonyl (C=O) groups excluding carboxylic acids is 1. The largest absolute Gasteiger partial charge is 0.313 e. The standard InChI is InChI=1S/C16H22BrNO/c1-3-12-7-8-18-15(9-12)11(2)16(19)13-5-4-6-14(17)10-13/h4-6,10-12,15,18H,3,7-9H2,1-2H3. The van der Waals surface area contributed by atoms with Crippen LogP contribution in [-0.2, 0) is 0 Å². The van der Waals surface area contributed by atoms with Gasteiger partial charge in [0, 0.05) is 22.0 Å². The van der Waals surface area contributed by atoms with Crippen molar-refractivity contribution in [2.45, 2.75) is 39.2 Å². The van der Waals surface area contributed by atoms with Crippen molar-refractivity contribution in [2.24, 2.45) is 11.8 Å². The first-order valence-corrected chi connectivity index (χ1v) is 7.94. The third-order valence-electron chi connectivity index (χ3n) is 4.25. The molecule has 1 aliphatic heterocycles. The molecule has 1 aromatic carbocycles. The van der Waals surface area contributed by atoms with E-state index in [1.807, 2.05) is 24.3 Å². The Labute approximate surface area is 124 Å². The number of Topliss-reactive ketones (excluding diaryl/α,β-unsaturated/α-hetero) is 1. The molecule has 0 aromatic heterocycles. The Hall–Kier alpha value is -0.670. The summed E-state index contributed by atoms with van der Waals surface area (Å²) in [4.78, 5) is 12.5. The lowest BCUT2D eigenvalue weighted by atomic mass is 9.82. The lowest BCUT2D eigenvalue weighted by molar-refractivity contribution is 0.0878. The number of halogens is 1. The van der Waals surface area contributed by atoms with Crippen LogP contribution in [0.1, 0.15) is 43.5 Å². The van der Waals surface area contributed by atoms with Gasteiger partial charge in [-0.2, -0.15) is 0 Å². The lowest BCUT2D eigenvalue weighted by Crippen LogP contribution is -2.44. The minimum atomic E-state index is 0.0450. The number of rotatable bonds is 4. The fraction of sp³-hybridized carbons (Fsp3) is 0.562. The molecule has 19 heavy (non-hydrogen) atoms. The zero-order valence-corrected chi connectivity index (χ0v) is 13.2. The summed E-state index contributed by atoms with van der Waals surface area (Å²) in [7, 11) is 0. The van der Waals surface area contributed by atoms with Crippen molar-refractivity contribution in [3.8, 4) is 0 Å². The zero-order valence-electron chi connectivity index (χ0n) is 11.7. The highest BCUT2D eigenvalue weighted by Gasteiger charge is 2.29. The highest BCUT2D eigenvalue weighted by atomic mass is 79.9. The molecule has 0 bridgehead atoms. The Kier molecular flexibility index (Phi) is 5.17. The van der Waals surface area contributed by atoms with Gasteiger partial charge in [-0.05, 0) is 37.4 Å². The highest BCUT2D eigenvalue weighted by Crippen LogP contribution is 2.25. The number of ketones is 1. The minimum absolute atomic E-state index is 0.0450. The van der Waals surface area contributed by atoms with E-state index in [1.54, 1.807) is 0 Å². The average molecular weight is 324 g/mol. The molecule has 0 saturated carbocycles. The topological polar surface area (TPSA) is 29.1 Å². The zero-order chi connectivity index (χ0) is 13.8. The molecule has 0 spiro atoms. The molecule has 1 saturated heterocycles. The molecular weight excluding hydrogens is 302 g/mol. The Balaban J connectivity index is 2.06. The second-order valence-electron chi connectivity index (χ2n) is 5.52. The minimum Gasteiger partial charge on any atom is -0.313 e. The Morgan fingerprint density at radius 1 is 1.53 bits per heavy atom. The molecule has 0 amide bonds. The van der Waals surface area contributed by atoms with Gasteiger partial charge in [0.05, 0.1) is 0 Å². The van der Waals surface area contributed by atoms with Crippen LogP contribution in [-0.4, -0.2) is 18.4 Å². The fourth-order valence-corrected chi connectivity index (χ4v) is 3.27. The third-order valence-corrected chi connectivity index (χ3v) is 4.74. The average Bonchev–Trinajstić information content (AvgIpc) is 2.45. The maximum Gasteiger partial charge on any atom is 0.167 e. The van der Waals surface area contributed by atoms with Crippen molar-refractivity contribution >= 4 is 21.7 Å². The maximum atomic E-state index is 12.5. The van der Waals surface area contributed by atoms with E-state index in [1.165, 1.54) is 12.8 Å². The summed E-state index contributed by atoms with van der Waals surface area (Å²) in [5, 5.41) is 3.52. The number of benzene rings is 1. The van der Waals surface area contributed by atoms with E-state index in [2.05, 4.69) is 35.1 Å². The van der Waals surface area contributed by atoms with E-state index in [0.29, 0.717) is 6.04 Å². The van der Waals surface area contributed by atoms with Gasteiger partial charge in [0.25, 0.3) is 0 Å². The fourth-order valence-electron chi connectivity index (χ4n) is 2.87. The number of nitrogens with one attached hydrogen (secondary N) is 1. The van der Waals surface area contributed by atoms with Gasteiger partial charge < -0.3 is 5.32 Å². The van der Waals surface area contributed by atoms with E-state index in [-0.39, 0.29) is 11.7 Å². The number of hydrogen-bond donors (Lipinski definition) is 1. The molecule has 3 heteroatoms. The summed E-state index contributed by atoms with van der Waals surface area (Å²) in [6.07, 6.45) is 3.58. The molecule has 1 aromatic rings. The molecule has 1 fully saturated rings. The summed E-state index contributed by atoms with van der Waals surface area (Å²) in [5.41, 5.74) is 0.808. The quantitative estimate of drug-likeness (QED) is 0.847. The van der Waals surface area contributed by atoms with Crippen LogP contribution in [0.2, 0.25) is 0 Å². The SMILES string of the molecule is CCC1CCNC(C(C)C(=O)c2cccc(Br)c2)C1. The first-order chi connectivity index (χ1) is 9.11. The van der Waals surface area contributed by atoms with E-state index in [9.17, 15) is 4.79 Å². The summed E-state index contributed by atoms with van der Waals surface area (Å²) >= 11 is 3.43. The van der Waals surface area contributed by atoms with Gasteiger partial charge in [-0.1, -0.05) is 48.3 Å². The molecule has 3 atom stereocenters. The molecule has 3 unspecified atom stereocenters. The first-order valence-electron chi connectivity index (χ1n) is 7.15. The van der Waals surface area contributed by atoms with Crippen LogP contribution in [0.15, 0.2) is 28.7 Å². The summed E-state index contributed by atoms with van der Waals surface area (Å²) in [6.45, 7) is 5.34. The van der Waals surface area contributed by atoms with Crippen LogP contribution in [0, 0.1) is 11.8 Å². The normalized spacial score (nSPS) is 25.0. The van der Waals surface area contributed by atoms with Gasteiger partial charge in [0.2, 0.25) is 0 Å². The molecule has 0 aliphatic carbocycles. The predicted molar refractivity (Wildman–Crippen MR) is 82.4 cm³/mol. The summed E-state index contributed by atoms with van der Waals surface area (Å²) in [5.74, 6) is 1.06. The molecule has 1 N–H and O–H groups in total. The van der Waals surface area contributed by atoms with Crippen molar-refractivity contribution in [3.63, 3.8) is 0 Å². The molecular formula is C16H22BrNO. The van der Waals surface area contributed by atoms with Crippen molar-refractivity contribution in [2.75, 3.05) is 6.54 Å². The van der Waals surface area contributed by atoms with Crippen molar-refractivity contribution < 1.29 is 4.79 Å². The molecule has 2 nitrogen and oxygen atoms in total. The number of piperidine rings is 1. The monoisotopic (exact) mass is 323 g/mol. The second kappa shape index (κ2) is 6.67. The molecule has 1 heterocycles. The van der Waals surface area contributed by atoms with Gasteiger partial charge in [0.1, 0.15) is 0 Å². The van der Waals surface area contributed by atoms with Gasteiger partial charge in [-0.3, -0.25) is 4.79 Å². The van der Waals surface area contributed by atoms with Crippen LogP contribution in [0.4, 0.5) is 0 Å². The first kappa shape index (κ1) is 14.7. The predicted octanol–water partition coefficient (Wildman–Crippen LogP) is 4.05. The summed E-state index contributed by atoms with van der Waals surface area (Å²) < 4.78 is 0.966. The highest BCUT2D eigenvalue weighted by molar-refractivity contribution is 9.10. The van der Waals surface area contributed by atoms with E-state index >= 15 is 0 Å². The maximum absolute atomic E-state index is 12.5. The smallest absolute Gasteiger partial charge is 0.167 e. The lowest BCUT2D eigenvalue weighted by Gasteiger charge is -2.33. The van der Waals surface area contributed by atoms with Gasteiger partial charge >= 0.3 is 0 Å². The van der Waals surface area contributed by atoms with Crippen molar-refractivity contribution in [1.82, 2.24) is 5.32 Å². The molecule has 1 aliphatic rings. The van der Waals surface area contributed by atoms with Gasteiger partial charge in [-0.25, -0.2) is 0 Å². The van der Waals surface area contributed by atoms with Gasteiger partial charge in [-0.15, -0.1) is 0 Å². The molecule has 2 rings (SSSR count). The Morgan fingerprint density at radius 3 is 3.00 bits per heavy atom. The number of carbonyl (C=O) groups is 1. The van der Waals surface area contributed by atoms with Crippen molar-refractivity contribution in [3.05, 3.63) is 34.3 Å².